The van der Waals surface area contributed by atoms with Crippen LogP contribution in [0, 0.1) is 19.7 Å². The van der Waals surface area contributed by atoms with Crippen molar-refractivity contribution in [3.63, 3.8) is 0 Å². The number of alkyl halides is 1. The van der Waals surface area contributed by atoms with Gasteiger partial charge in [-0.25, -0.2) is 4.39 Å². The minimum absolute atomic E-state index is 0.150. The van der Waals surface area contributed by atoms with Crippen molar-refractivity contribution in [2.24, 2.45) is 0 Å². The molecule has 19 heavy (non-hydrogen) atoms. The molecule has 0 heterocycles. The molecule has 0 fully saturated rings. The van der Waals surface area contributed by atoms with Crippen LogP contribution >= 0.6 is 11.6 Å². The number of rotatable bonds is 3. The molecule has 0 bridgehead atoms. The molecule has 2 aromatic rings. The fourth-order valence-electron chi connectivity index (χ4n) is 2.53. The van der Waals surface area contributed by atoms with Crippen LogP contribution < -0.4 is 0 Å². The minimum atomic E-state index is -0.199. The molecule has 2 aromatic carbocycles. The Morgan fingerprint density at radius 3 is 2.05 bits per heavy atom. The zero-order valence-corrected chi connectivity index (χ0v) is 12.2. The molecule has 2 unspecified atom stereocenters. The molecule has 0 saturated heterocycles. The molecule has 0 nitrogen and oxygen atoms in total. The van der Waals surface area contributed by atoms with E-state index < -0.39 is 0 Å². The summed E-state index contributed by atoms with van der Waals surface area (Å²) in [5.41, 5.74) is 4.07. The lowest BCUT2D eigenvalue weighted by Gasteiger charge is -2.22. The van der Waals surface area contributed by atoms with Gasteiger partial charge in [0, 0.05) is 5.92 Å². The van der Waals surface area contributed by atoms with Crippen molar-refractivity contribution in [3.8, 4) is 0 Å². The van der Waals surface area contributed by atoms with E-state index in [9.17, 15) is 4.39 Å². The van der Waals surface area contributed by atoms with Crippen LogP contribution in [-0.2, 0) is 0 Å². The first kappa shape index (κ1) is 14.1. The monoisotopic (exact) mass is 276 g/mol. The first-order valence-electron chi connectivity index (χ1n) is 6.46. The van der Waals surface area contributed by atoms with E-state index in [1.807, 2.05) is 32.0 Å². The van der Waals surface area contributed by atoms with Gasteiger partial charge in [-0.05, 0) is 48.2 Å². The average Bonchev–Trinajstić information content (AvgIpc) is 2.37. The summed E-state index contributed by atoms with van der Waals surface area (Å²) in [5.74, 6) is -0.0132. The van der Waals surface area contributed by atoms with Crippen molar-refractivity contribution in [1.29, 1.82) is 0 Å². The lowest BCUT2D eigenvalue weighted by atomic mass is 9.89. The first-order chi connectivity index (χ1) is 9.00. The molecule has 2 heteroatoms. The third kappa shape index (κ3) is 2.98. The predicted octanol–water partition coefficient (Wildman–Crippen LogP) is 5.53. The third-order valence-corrected chi connectivity index (χ3v) is 4.19. The second-order valence-electron chi connectivity index (χ2n) is 5.05. The summed E-state index contributed by atoms with van der Waals surface area (Å²) < 4.78 is 13.4. The van der Waals surface area contributed by atoms with Crippen molar-refractivity contribution < 1.29 is 4.39 Å². The summed E-state index contributed by atoms with van der Waals surface area (Å²) in [6.45, 7) is 5.94. The summed E-state index contributed by atoms with van der Waals surface area (Å²) in [6, 6.07) is 13.3. The highest BCUT2D eigenvalue weighted by molar-refractivity contribution is 6.21. The van der Waals surface area contributed by atoms with Gasteiger partial charge >= 0.3 is 0 Å². The van der Waals surface area contributed by atoms with Crippen LogP contribution in [0.25, 0.3) is 0 Å². The summed E-state index contributed by atoms with van der Waals surface area (Å²) in [5, 5.41) is -0.150. The zero-order valence-electron chi connectivity index (χ0n) is 11.5. The fourth-order valence-corrected chi connectivity index (χ4v) is 3.02. The van der Waals surface area contributed by atoms with E-state index in [0.717, 1.165) is 16.7 Å². The summed E-state index contributed by atoms with van der Waals surface area (Å²) >= 11 is 6.63. The molecule has 0 N–H and O–H groups in total. The van der Waals surface area contributed by atoms with E-state index in [1.165, 1.54) is 5.56 Å². The highest BCUT2D eigenvalue weighted by Crippen LogP contribution is 2.39. The second-order valence-corrected chi connectivity index (χ2v) is 5.52. The van der Waals surface area contributed by atoms with Crippen LogP contribution in [0.3, 0.4) is 0 Å². The van der Waals surface area contributed by atoms with Crippen LogP contribution in [0.4, 0.5) is 4.39 Å². The Hall–Kier alpha value is -1.34. The Kier molecular flexibility index (Phi) is 4.26. The number of hydrogen-bond acceptors (Lipinski definition) is 0. The van der Waals surface area contributed by atoms with Crippen LogP contribution in [0.15, 0.2) is 42.5 Å². The Balaban J connectivity index is 2.37. The predicted molar refractivity (Wildman–Crippen MR) is 79.3 cm³/mol. The topological polar surface area (TPSA) is 0 Å². The number of aryl methyl sites for hydroxylation is 2. The third-order valence-electron chi connectivity index (χ3n) is 3.60. The van der Waals surface area contributed by atoms with E-state index >= 15 is 0 Å². The Labute approximate surface area is 119 Å². The van der Waals surface area contributed by atoms with Gasteiger partial charge in [-0.15, -0.1) is 11.6 Å². The van der Waals surface area contributed by atoms with Gasteiger partial charge in [0.05, 0.1) is 5.38 Å². The van der Waals surface area contributed by atoms with E-state index in [0.29, 0.717) is 0 Å². The molecule has 100 valence electrons. The van der Waals surface area contributed by atoms with Crippen molar-refractivity contribution in [2.45, 2.75) is 32.1 Å². The second kappa shape index (κ2) is 5.75. The van der Waals surface area contributed by atoms with Gasteiger partial charge in [-0.2, -0.15) is 0 Å². The quantitative estimate of drug-likeness (QED) is 0.647. The van der Waals surface area contributed by atoms with Gasteiger partial charge in [0.1, 0.15) is 5.82 Å². The molecule has 0 aliphatic heterocycles. The van der Waals surface area contributed by atoms with Crippen molar-refractivity contribution >= 4 is 11.6 Å². The minimum Gasteiger partial charge on any atom is -0.207 e. The Morgan fingerprint density at radius 2 is 1.53 bits per heavy atom. The summed E-state index contributed by atoms with van der Waals surface area (Å²) in [7, 11) is 0. The normalized spacial score (nSPS) is 14.2. The SMILES string of the molecule is Cc1cc(F)cc(C)c1C(Cl)C(C)c1ccccc1. The van der Waals surface area contributed by atoms with Gasteiger partial charge in [0.25, 0.3) is 0 Å². The largest absolute Gasteiger partial charge is 0.207 e. The Morgan fingerprint density at radius 1 is 1.00 bits per heavy atom. The molecule has 2 rings (SSSR count). The van der Waals surface area contributed by atoms with E-state index in [1.54, 1.807) is 12.1 Å². The van der Waals surface area contributed by atoms with Gasteiger partial charge in [-0.1, -0.05) is 37.3 Å². The van der Waals surface area contributed by atoms with Crippen LogP contribution in [0.2, 0.25) is 0 Å². The molecular weight excluding hydrogens is 259 g/mol. The van der Waals surface area contributed by atoms with Crippen molar-refractivity contribution in [2.75, 3.05) is 0 Å². The molecule has 0 aliphatic rings. The smallest absolute Gasteiger partial charge is 0.123 e. The van der Waals surface area contributed by atoms with Crippen LogP contribution in [-0.4, -0.2) is 0 Å². The highest BCUT2D eigenvalue weighted by Gasteiger charge is 2.22. The maximum Gasteiger partial charge on any atom is 0.123 e. The highest BCUT2D eigenvalue weighted by atomic mass is 35.5. The summed E-state index contributed by atoms with van der Waals surface area (Å²) in [4.78, 5) is 0. The van der Waals surface area contributed by atoms with Crippen LogP contribution in [0.5, 0.6) is 0 Å². The lowest BCUT2D eigenvalue weighted by molar-refractivity contribution is 0.622. The maximum atomic E-state index is 13.4. The molecule has 0 aliphatic carbocycles. The molecule has 0 saturated carbocycles. The number of hydrogen-bond donors (Lipinski definition) is 0. The molecular formula is C17H18ClF. The van der Waals surface area contributed by atoms with Crippen molar-refractivity contribution in [3.05, 3.63) is 70.5 Å². The number of benzene rings is 2. The maximum absolute atomic E-state index is 13.4. The summed E-state index contributed by atoms with van der Waals surface area (Å²) in [6.07, 6.45) is 0. The molecule has 0 radical (unpaired) electrons. The number of halogens is 2. The van der Waals surface area contributed by atoms with Gasteiger partial charge < -0.3 is 0 Å². The Bertz CT molecular complexity index is 540. The van der Waals surface area contributed by atoms with E-state index in [-0.39, 0.29) is 17.1 Å². The van der Waals surface area contributed by atoms with Gasteiger partial charge in [-0.3, -0.25) is 0 Å². The van der Waals surface area contributed by atoms with E-state index in [2.05, 4.69) is 19.1 Å². The van der Waals surface area contributed by atoms with Crippen LogP contribution in [0.1, 0.15) is 40.5 Å². The van der Waals surface area contributed by atoms with E-state index in [4.69, 9.17) is 11.6 Å². The lowest BCUT2D eigenvalue weighted by Crippen LogP contribution is -2.06. The molecule has 2 atom stereocenters. The fraction of sp³-hybridized carbons (Fsp3) is 0.294. The zero-order chi connectivity index (χ0) is 14.0. The standard InChI is InChI=1S/C17H18ClF/c1-11-9-15(19)10-12(2)16(11)17(18)13(3)14-7-5-4-6-8-14/h4-10,13,17H,1-3H3. The molecule has 0 spiro atoms. The molecule has 0 amide bonds. The average molecular weight is 277 g/mol. The van der Waals surface area contributed by atoms with Gasteiger partial charge in [0.15, 0.2) is 0 Å². The van der Waals surface area contributed by atoms with Crippen molar-refractivity contribution in [1.82, 2.24) is 0 Å². The van der Waals surface area contributed by atoms with Gasteiger partial charge in [0.2, 0.25) is 0 Å². The first-order valence-corrected chi connectivity index (χ1v) is 6.90. The molecule has 0 aromatic heterocycles.